The highest BCUT2D eigenvalue weighted by molar-refractivity contribution is 6.22. The van der Waals surface area contributed by atoms with E-state index in [1.165, 1.54) is 12.5 Å². The third kappa shape index (κ3) is 3.70. The average molecular weight is 406 g/mol. The number of hydrogen-bond donors (Lipinski definition) is 1. The molecule has 2 aromatic rings. The number of carbonyl (C=O) groups excluding carboxylic acids is 4. The summed E-state index contributed by atoms with van der Waals surface area (Å²) in [6.07, 6.45) is 1.73. The zero-order chi connectivity index (χ0) is 21.3. The number of esters is 1. The second-order valence-corrected chi connectivity index (χ2v) is 7.53. The SMILES string of the molecule is C[C@H](OC(=O)CN1C(=O)c2ccccc2C1=O)C(=O)N[C@H]1CCCc2ccccc21. The van der Waals surface area contributed by atoms with E-state index in [9.17, 15) is 19.2 Å². The van der Waals surface area contributed by atoms with Crippen molar-refractivity contribution in [1.29, 1.82) is 0 Å². The van der Waals surface area contributed by atoms with E-state index in [0.717, 1.165) is 29.7 Å². The van der Waals surface area contributed by atoms with Crippen molar-refractivity contribution in [2.45, 2.75) is 38.3 Å². The number of carbonyl (C=O) groups is 4. The molecule has 0 bridgehead atoms. The molecule has 0 radical (unpaired) electrons. The number of hydrogen-bond acceptors (Lipinski definition) is 5. The molecule has 0 unspecified atom stereocenters. The number of rotatable bonds is 5. The van der Waals surface area contributed by atoms with Gasteiger partial charge in [-0.25, -0.2) is 0 Å². The second-order valence-electron chi connectivity index (χ2n) is 7.53. The van der Waals surface area contributed by atoms with Crippen LogP contribution in [0.3, 0.4) is 0 Å². The normalized spacial score (nSPS) is 18.4. The predicted molar refractivity (Wildman–Crippen MR) is 108 cm³/mol. The lowest BCUT2D eigenvalue weighted by Crippen LogP contribution is -2.42. The van der Waals surface area contributed by atoms with Gasteiger partial charge in [-0.3, -0.25) is 24.1 Å². The van der Waals surface area contributed by atoms with Crippen LogP contribution in [0.5, 0.6) is 0 Å². The van der Waals surface area contributed by atoms with Crippen molar-refractivity contribution in [1.82, 2.24) is 10.2 Å². The standard InChI is InChI=1S/C23H22N2O5/c1-14(21(27)24-19-12-6-8-15-7-2-3-9-16(15)19)30-20(26)13-25-22(28)17-10-4-5-11-18(17)23(25)29/h2-5,7,9-11,14,19H,6,8,12-13H2,1H3,(H,24,27)/t14-,19-/m0/s1. The van der Waals surface area contributed by atoms with Crippen LogP contribution in [0.2, 0.25) is 0 Å². The van der Waals surface area contributed by atoms with E-state index in [0.29, 0.717) is 0 Å². The first-order valence-electron chi connectivity index (χ1n) is 9.98. The molecule has 1 heterocycles. The average Bonchev–Trinajstić information content (AvgIpc) is 2.99. The van der Waals surface area contributed by atoms with Gasteiger partial charge in [-0.2, -0.15) is 0 Å². The lowest BCUT2D eigenvalue weighted by atomic mass is 9.87. The van der Waals surface area contributed by atoms with Crippen molar-refractivity contribution in [3.05, 3.63) is 70.8 Å². The van der Waals surface area contributed by atoms with Crippen LogP contribution < -0.4 is 5.32 Å². The Bertz CT molecular complexity index is 997. The third-order valence-electron chi connectivity index (χ3n) is 5.53. The van der Waals surface area contributed by atoms with Crippen LogP contribution in [-0.2, 0) is 20.7 Å². The predicted octanol–water partition coefficient (Wildman–Crippen LogP) is 2.41. The Morgan fingerprint density at radius 3 is 2.40 bits per heavy atom. The Hall–Kier alpha value is -3.48. The molecule has 30 heavy (non-hydrogen) atoms. The molecule has 1 aliphatic carbocycles. The fourth-order valence-electron chi connectivity index (χ4n) is 3.99. The maximum atomic E-state index is 12.6. The number of imide groups is 1. The molecule has 3 amide bonds. The van der Waals surface area contributed by atoms with Crippen molar-refractivity contribution >= 4 is 23.7 Å². The molecular weight excluding hydrogens is 384 g/mol. The molecule has 2 aromatic carbocycles. The number of nitrogens with one attached hydrogen (secondary N) is 1. The summed E-state index contributed by atoms with van der Waals surface area (Å²) in [5, 5.41) is 2.94. The summed E-state index contributed by atoms with van der Waals surface area (Å²) >= 11 is 0. The first-order chi connectivity index (χ1) is 14.5. The maximum absolute atomic E-state index is 12.6. The van der Waals surface area contributed by atoms with Crippen molar-refractivity contribution in [3.63, 3.8) is 0 Å². The minimum absolute atomic E-state index is 0.125. The van der Waals surface area contributed by atoms with E-state index in [2.05, 4.69) is 11.4 Å². The van der Waals surface area contributed by atoms with Crippen LogP contribution in [0.15, 0.2) is 48.5 Å². The monoisotopic (exact) mass is 406 g/mol. The highest BCUT2D eigenvalue weighted by Crippen LogP contribution is 2.29. The molecule has 0 saturated heterocycles. The number of nitrogens with zero attached hydrogens (tertiary/aromatic N) is 1. The van der Waals surface area contributed by atoms with Gasteiger partial charge in [0.05, 0.1) is 17.2 Å². The minimum Gasteiger partial charge on any atom is -0.451 e. The molecular formula is C23H22N2O5. The summed E-state index contributed by atoms with van der Waals surface area (Å²) in [5.74, 6) is -2.30. The Balaban J connectivity index is 1.35. The lowest BCUT2D eigenvalue weighted by molar-refractivity contribution is -0.155. The highest BCUT2D eigenvalue weighted by atomic mass is 16.5. The van der Waals surface area contributed by atoms with Crippen molar-refractivity contribution < 1.29 is 23.9 Å². The van der Waals surface area contributed by atoms with Crippen molar-refractivity contribution in [2.24, 2.45) is 0 Å². The van der Waals surface area contributed by atoms with Crippen LogP contribution in [0.1, 0.15) is 57.7 Å². The molecule has 2 aliphatic rings. The van der Waals surface area contributed by atoms with Crippen LogP contribution in [0.25, 0.3) is 0 Å². The van der Waals surface area contributed by atoms with E-state index < -0.39 is 36.3 Å². The summed E-state index contributed by atoms with van der Waals surface area (Å²) in [6.45, 7) is 0.945. The van der Waals surface area contributed by atoms with Gasteiger partial charge >= 0.3 is 5.97 Å². The lowest BCUT2D eigenvalue weighted by Gasteiger charge is -2.27. The Morgan fingerprint density at radius 1 is 1.07 bits per heavy atom. The largest absolute Gasteiger partial charge is 0.451 e. The number of ether oxygens (including phenoxy) is 1. The Labute approximate surface area is 174 Å². The van der Waals surface area contributed by atoms with Crippen LogP contribution in [0.4, 0.5) is 0 Å². The smallest absolute Gasteiger partial charge is 0.326 e. The number of aryl methyl sites for hydroxylation is 1. The van der Waals surface area contributed by atoms with Crippen LogP contribution in [0, 0.1) is 0 Å². The van der Waals surface area contributed by atoms with Gasteiger partial charge in [0.15, 0.2) is 6.10 Å². The molecule has 0 saturated carbocycles. The maximum Gasteiger partial charge on any atom is 0.326 e. The van der Waals surface area contributed by atoms with Gasteiger partial charge in [0, 0.05) is 0 Å². The van der Waals surface area contributed by atoms with Crippen molar-refractivity contribution in [3.8, 4) is 0 Å². The summed E-state index contributed by atoms with van der Waals surface area (Å²) in [5.41, 5.74) is 2.82. The molecule has 7 heteroatoms. The Kier molecular flexibility index (Phi) is 5.35. The topological polar surface area (TPSA) is 92.8 Å². The molecule has 1 aliphatic heterocycles. The van der Waals surface area contributed by atoms with Gasteiger partial charge in [0.2, 0.25) is 0 Å². The fourth-order valence-corrected chi connectivity index (χ4v) is 3.99. The molecule has 0 aromatic heterocycles. The van der Waals surface area contributed by atoms with Crippen molar-refractivity contribution in [2.75, 3.05) is 6.54 Å². The van der Waals surface area contributed by atoms with E-state index in [1.54, 1.807) is 24.3 Å². The van der Waals surface area contributed by atoms with Gasteiger partial charge in [-0.15, -0.1) is 0 Å². The van der Waals surface area contributed by atoms with Gasteiger partial charge in [-0.1, -0.05) is 36.4 Å². The molecule has 2 atom stereocenters. The van der Waals surface area contributed by atoms with E-state index >= 15 is 0 Å². The van der Waals surface area contributed by atoms with E-state index in [4.69, 9.17) is 4.74 Å². The molecule has 0 spiro atoms. The highest BCUT2D eigenvalue weighted by Gasteiger charge is 2.37. The third-order valence-corrected chi connectivity index (χ3v) is 5.53. The summed E-state index contributed by atoms with van der Waals surface area (Å²) < 4.78 is 5.20. The number of benzene rings is 2. The van der Waals surface area contributed by atoms with Crippen LogP contribution >= 0.6 is 0 Å². The first kappa shape index (κ1) is 19.8. The zero-order valence-corrected chi connectivity index (χ0v) is 16.6. The summed E-state index contributed by atoms with van der Waals surface area (Å²) in [7, 11) is 0. The number of amides is 3. The van der Waals surface area contributed by atoms with E-state index in [-0.39, 0.29) is 17.2 Å². The molecule has 4 rings (SSSR count). The van der Waals surface area contributed by atoms with Gasteiger partial charge in [0.1, 0.15) is 6.54 Å². The molecule has 0 fully saturated rings. The molecule has 1 N–H and O–H groups in total. The van der Waals surface area contributed by atoms with Gasteiger partial charge in [-0.05, 0) is 49.4 Å². The zero-order valence-electron chi connectivity index (χ0n) is 16.6. The van der Waals surface area contributed by atoms with Crippen LogP contribution in [-0.4, -0.2) is 41.2 Å². The molecule has 154 valence electrons. The quantitative estimate of drug-likeness (QED) is 0.608. The Morgan fingerprint density at radius 2 is 1.70 bits per heavy atom. The van der Waals surface area contributed by atoms with Gasteiger partial charge < -0.3 is 10.1 Å². The minimum atomic E-state index is -1.04. The first-order valence-corrected chi connectivity index (χ1v) is 9.98. The summed E-state index contributed by atoms with van der Waals surface area (Å²) in [4.78, 5) is 50.4. The second kappa shape index (κ2) is 8.10. The van der Waals surface area contributed by atoms with E-state index in [1.807, 2.05) is 18.2 Å². The number of fused-ring (bicyclic) bond motifs is 2. The summed E-state index contributed by atoms with van der Waals surface area (Å²) in [6, 6.07) is 14.2. The molecule has 7 nitrogen and oxygen atoms in total. The van der Waals surface area contributed by atoms with Gasteiger partial charge in [0.25, 0.3) is 17.7 Å². The fraction of sp³-hybridized carbons (Fsp3) is 0.304.